The average molecular weight is 258 g/mol. The van der Waals surface area contributed by atoms with Crippen molar-refractivity contribution in [1.29, 1.82) is 0 Å². The smallest absolute Gasteiger partial charge is 0.381 e. The van der Waals surface area contributed by atoms with Crippen molar-refractivity contribution in [2.45, 2.75) is 32.2 Å². The van der Waals surface area contributed by atoms with Crippen LogP contribution in [0.4, 0.5) is 13.2 Å². The lowest BCUT2D eigenvalue weighted by molar-refractivity contribution is -0.0525. The molecular formula is C9H13F3O3S. The summed E-state index contributed by atoms with van der Waals surface area (Å²) < 4.78 is 61.7. The van der Waals surface area contributed by atoms with Gasteiger partial charge < -0.3 is 4.18 Å². The van der Waals surface area contributed by atoms with E-state index in [2.05, 4.69) is 4.18 Å². The van der Waals surface area contributed by atoms with Crippen LogP contribution in [0.3, 0.4) is 0 Å². The summed E-state index contributed by atoms with van der Waals surface area (Å²) >= 11 is 0. The van der Waals surface area contributed by atoms with Crippen LogP contribution >= 0.6 is 0 Å². The maximum atomic E-state index is 12.0. The molecule has 1 aliphatic carbocycles. The Bertz CT molecular complexity index is 383. The molecule has 2 unspecified atom stereocenters. The fourth-order valence-corrected chi connectivity index (χ4v) is 2.26. The summed E-state index contributed by atoms with van der Waals surface area (Å²) in [7, 11) is -5.51. The molecule has 0 aromatic carbocycles. The molecule has 1 aliphatic rings. The normalized spacial score (nSPS) is 27.4. The van der Waals surface area contributed by atoms with Gasteiger partial charge in [0.25, 0.3) is 0 Å². The lowest BCUT2D eigenvalue weighted by atomic mass is 9.88. The van der Waals surface area contributed by atoms with E-state index in [1.165, 1.54) is 6.08 Å². The zero-order valence-electron chi connectivity index (χ0n) is 8.91. The Morgan fingerprint density at radius 1 is 1.38 bits per heavy atom. The van der Waals surface area contributed by atoms with Crippen molar-refractivity contribution in [1.82, 2.24) is 0 Å². The molecule has 0 spiro atoms. The van der Waals surface area contributed by atoms with Crippen molar-refractivity contribution < 1.29 is 25.8 Å². The van der Waals surface area contributed by atoms with Crippen LogP contribution < -0.4 is 0 Å². The van der Waals surface area contributed by atoms with Crippen LogP contribution in [0.15, 0.2) is 11.8 Å². The fraction of sp³-hybridized carbons (Fsp3) is 0.778. The first-order valence-corrected chi connectivity index (χ1v) is 6.24. The second-order valence-electron chi connectivity index (χ2n) is 4.14. The highest BCUT2D eigenvalue weighted by molar-refractivity contribution is 7.87. The van der Waals surface area contributed by atoms with Crippen LogP contribution in [0.5, 0.6) is 0 Å². The Morgan fingerprint density at radius 2 is 1.94 bits per heavy atom. The average Bonchev–Trinajstić information content (AvgIpc) is 1.97. The van der Waals surface area contributed by atoms with Gasteiger partial charge in [-0.15, -0.1) is 0 Å². The summed E-state index contributed by atoms with van der Waals surface area (Å²) in [6.45, 7) is 3.65. The molecule has 0 heterocycles. The first-order chi connectivity index (χ1) is 7.12. The monoisotopic (exact) mass is 258 g/mol. The molecule has 2 atom stereocenters. The van der Waals surface area contributed by atoms with Crippen molar-refractivity contribution in [2.75, 3.05) is 0 Å². The Balaban J connectivity index is 2.83. The van der Waals surface area contributed by atoms with Gasteiger partial charge in [0.2, 0.25) is 0 Å². The second kappa shape index (κ2) is 4.27. The van der Waals surface area contributed by atoms with Gasteiger partial charge in [0.1, 0.15) is 5.76 Å². The molecule has 1 rings (SSSR count). The zero-order valence-corrected chi connectivity index (χ0v) is 9.73. The minimum absolute atomic E-state index is 0.0298. The van der Waals surface area contributed by atoms with Crippen molar-refractivity contribution in [3.05, 3.63) is 11.8 Å². The molecule has 0 aliphatic heterocycles. The molecule has 0 aromatic rings. The Labute approximate surface area is 92.4 Å². The van der Waals surface area contributed by atoms with Crippen LogP contribution in [0, 0.1) is 11.8 Å². The maximum absolute atomic E-state index is 12.0. The summed E-state index contributed by atoms with van der Waals surface area (Å²) in [5.41, 5.74) is -5.36. The quantitative estimate of drug-likeness (QED) is 0.565. The van der Waals surface area contributed by atoms with E-state index >= 15 is 0 Å². The van der Waals surface area contributed by atoms with Gasteiger partial charge in [0, 0.05) is 6.42 Å². The highest BCUT2D eigenvalue weighted by Crippen LogP contribution is 2.33. The summed E-state index contributed by atoms with van der Waals surface area (Å²) in [4.78, 5) is 0. The minimum atomic E-state index is -5.51. The maximum Gasteiger partial charge on any atom is 0.534 e. The molecule has 16 heavy (non-hydrogen) atoms. The number of hydrogen-bond acceptors (Lipinski definition) is 3. The number of halogens is 3. The molecule has 3 nitrogen and oxygen atoms in total. The van der Waals surface area contributed by atoms with Gasteiger partial charge in [-0.3, -0.25) is 0 Å². The Kier molecular flexibility index (Phi) is 3.56. The first-order valence-electron chi connectivity index (χ1n) is 4.83. The molecule has 0 bridgehead atoms. The van der Waals surface area contributed by atoms with Crippen LogP contribution in [0.2, 0.25) is 0 Å². The first kappa shape index (κ1) is 13.3. The van der Waals surface area contributed by atoms with Gasteiger partial charge in [0.05, 0.1) is 0 Å². The largest absolute Gasteiger partial charge is 0.534 e. The van der Waals surface area contributed by atoms with E-state index in [1.807, 2.05) is 6.92 Å². The van der Waals surface area contributed by atoms with Crippen molar-refractivity contribution in [2.24, 2.45) is 11.8 Å². The SMILES string of the molecule is CC1C=C(OS(=O)(=O)C(F)(F)F)CC(C)C1. The van der Waals surface area contributed by atoms with E-state index in [-0.39, 0.29) is 24.0 Å². The molecular weight excluding hydrogens is 245 g/mol. The Morgan fingerprint density at radius 3 is 2.38 bits per heavy atom. The predicted octanol–water partition coefficient (Wildman–Crippen LogP) is 2.80. The zero-order chi connectivity index (χ0) is 12.6. The number of alkyl halides is 3. The van der Waals surface area contributed by atoms with Crippen molar-refractivity contribution >= 4 is 10.1 Å². The van der Waals surface area contributed by atoms with E-state index in [4.69, 9.17) is 0 Å². The number of hydrogen-bond donors (Lipinski definition) is 0. The van der Waals surface area contributed by atoms with E-state index in [0.717, 1.165) is 6.42 Å². The van der Waals surface area contributed by atoms with Gasteiger partial charge >= 0.3 is 15.6 Å². The third kappa shape index (κ3) is 3.13. The van der Waals surface area contributed by atoms with Crippen LogP contribution in [0.25, 0.3) is 0 Å². The molecule has 7 heteroatoms. The van der Waals surface area contributed by atoms with E-state index in [1.54, 1.807) is 6.92 Å². The third-order valence-corrected chi connectivity index (χ3v) is 3.29. The third-order valence-electron chi connectivity index (χ3n) is 2.29. The molecule has 0 amide bonds. The highest BCUT2D eigenvalue weighted by Gasteiger charge is 2.49. The molecule has 0 N–H and O–H groups in total. The molecule has 0 aromatic heterocycles. The lowest BCUT2D eigenvalue weighted by Gasteiger charge is -2.23. The highest BCUT2D eigenvalue weighted by atomic mass is 32.2. The molecule has 0 fully saturated rings. The summed E-state index contributed by atoms with van der Waals surface area (Å²) in [6, 6.07) is 0. The van der Waals surface area contributed by atoms with Crippen molar-refractivity contribution in [3.63, 3.8) is 0 Å². The lowest BCUT2D eigenvalue weighted by Crippen LogP contribution is -2.26. The van der Waals surface area contributed by atoms with Gasteiger partial charge in [-0.2, -0.15) is 21.6 Å². The van der Waals surface area contributed by atoms with E-state index in [0.29, 0.717) is 0 Å². The topological polar surface area (TPSA) is 43.4 Å². The van der Waals surface area contributed by atoms with Gasteiger partial charge in [0.15, 0.2) is 0 Å². The van der Waals surface area contributed by atoms with Gasteiger partial charge in [-0.1, -0.05) is 13.8 Å². The molecule has 94 valence electrons. The summed E-state index contributed by atoms with van der Waals surface area (Å²) in [5.74, 6) is 0.0455. The summed E-state index contributed by atoms with van der Waals surface area (Å²) in [6.07, 6.45) is 2.47. The molecule has 0 saturated carbocycles. The number of rotatable bonds is 2. The minimum Gasteiger partial charge on any atom is -0.381 e. The molecule has 0 saturated heterocycles. The number of allylic oxidation sites excluding steroid dienone is 2. The fourth-order valence-electron chi connectivity index (χ4n) is 1.76. The van der Waals surface area contributed by atoms with Crippen LogP contribution in [0.1, 0.15) is 26.7 Å². The van der Waals surface area contributed by atoms with Crippen LogP contribution in [-0.4, -0.2) is 13.9 Å². The Hall–Kier alpha value is -0.720. The van der Waals surface area contributed by atoms with Crippen LogP contribution in [-0.2, 0) is 14.3 Å². The van der Waals surface area contributed by atoms with Crippen molar-refractivity contribution in [3.8, 4) is 0 Å². The second-order valence-corrected chi connectivity index (χ2v) is 5.68. The van der Waals surface area contributed by atoms with Gasteiger partial charge in [-0.25, -0.2) is 0 Å². The predicted molar refractivity (Wildman–Crippen MR) is 51.7 cm³/mol. The summed E-state index contributed by atoms with van der Waals surface area (Å²) in [5, 5.41) is 0. The molecule has 0 radical (unpaired) electrons. The van der Waals surface area contributed by atoms with Gasteiger partial charge in [-0.05, 0) is 24.3 Å². The van der Waals surface area contributed by atoms with E-state index < -0.39 is 15.6 Å². The standard InChI is InChI=1S/C9H13F3O3S/c1-6-3-7(2)5-8(4-6)15-16(13,14)9(10,11)12/h4,6-7H,3,5H2,1-2H3. The van der Waals surface area contributed by atoms with E-state index in [9.17, 15) is 21.6 Å².